The number of methoxy groups -OCH3 is 1. The lowest BCUT2D eigenvalue weighted by Gasteiger charge is -2.38. The molecule has 0 aromatic heterocycles. The molecular formula is C14H25BrO. The molecule has 0 aromatic carbocycles. The summed E-state index contributed by atoms with van der Waals surface area (Å²) < 4.78 is 5.55. The summed E-state index contributed by atoms with van der Waals surface area (Å²) in [7, 11) is 1.83. The average molecular weight is 289 g/mol. The molecule has 0 amide bonds. The zero-order valence-electron chi connectivity index (χ0n) is 10.9. The summed E-state index contributed by atoms with van der Waals surface area (Å²) in [5, 5.41) is 1.20. The number of ether oxygens (including phenoxy) is 1. The summed E-state index contributed by atoms with van der Waals surface area (Å²) in [6.07, 6.45) is 8.46. The van der Waals surface area contributed by atoms with Gasteiger partial charge < -0.3 is 4.74 Å². The second-order valence-electron chi connectivity index (χ2n) is 6.54. The maximum atomic E-state index is 5.55. The van der Waals surface area contributed by atoms with Gasteiger partial charge in [0.05, 0.1) is 5.60 Å². The Kier molecular flexibility index (Phi) is 3.71. The Hall–Kier alpha value is 0.440. The zero-order chi connectivity index (χ0) is 11.8. The number of fused-ring (bicyclic) bond motifs is 2. The fourth-order valence-electron chi connectivity index (χ4n) is 3.75. The minimum absolute atomic E-state index is 0.0526. The van der Waals surface area contributed by atoms with E-state index in [9.17, 15) is 0 Å². The van der Waals surface area contributed by atoms with Gasteiger partial charge in [-0.2, -0.15) is 0 Å². The molecule has 0 N–H and O–H groups in total. The van der Waals surface area contributed by atoms with Crippen molar-refractivity contribution >= 4 is 15.9 Å². The minimum atomic E-state index is 0.0526. The van der Waals surface area contributed by atoms with Gasteiger partial charge in [-0.1, -0.05) is 22.4 Å². The molecule has 3 unspecified atom stereocenters. The molecule has 2 bridgehead atoms. The molecule has 2 fully saturated rings. The molecule has 2 heteroatoms. The summed E-state index contributed by atoms with van der Waals surface area (Å²) in [5.41, 5.74) is 0.649. The first kappa shape index (κ1) is 12.9. The van der Waals surface area contributed by atoms with Crippen molar-refractivity contribution < 1.29 is 4.74 Å². The van der Waals surface area contributed by atoms with Gasteiger partial charge in [0, 0.05) is 12.4 Å². The Bertz CT molecular complexity index is 251. The molecule has 0 saturated heterocycles. The molecule has 3 atom stereocenters. The largest absolute Gasteiger partial charge is 0.379 e. The third kappa shape index (κ3) is 2.33. The van der Waals surface area contributed by atoms with Crippen LogP contribution in [0.2, 0.25) is 0 Å². The molecule has 0 heterocycles. The van der Waals surface area contributed by atoms with Crippen molar-refractivity contribution in [1.82, 2.24) is 0 Å². The van der Waals surface area contributed by atoms with Crippen molar-refractivity contribution in [3.05, 3.63) is 0 Å². The molecule has 0 aromatic rings. The standard InChI is InChI=1S/C14H25BrO/c1-13(2,16-3)6-7-14(10-15)9-11-4-5-12(14)8-11/h11-12H,4-10H2,1-3H3. The highest BCUT2D eigenvalue weighted by Crippen LogP contribution is 2.59. The lowest BCUT2D eigenvalue weighted by Crippen LogP contribution is -2.33. The summed E-state index contributed by atoms with van der Waals surface area (Å²) in [5.74, 6) is 2.03. The second kappa shape index (κ2) is 4.61. The number of hydrogen-bond acceptors (Lipinski definition) is 1. The smallest absolute Gasteiger partial charge is 0.0623 e. The summed E-state index contributed by atoms with van der Waals surface area (Å²) >= 11 is 3.78. The Balaban J connectivity index is 1.96. The molecule has 2 aliphatic rings. The molecule has 0 radical (unpaired) electrons. The molecule has 1 nitrogen and oxygen atoms in total. The number of alkyl halides is 1. The first-order chi connectivity index (χ1) is 7.51. The van der Waals surface area contributed by atoms with Crippen LogP contribution in [0.25, 0.3) is 0 Å². The summed E-state index contributed by atoms with van der Waals surface area (Å²) in [6.45, 7) is 4.42. The Labute approximate surface area is 108 Å². The summed E-state index contributed by atoms with van der Waals surface area (Å²) in [6, 6.07) is 0. The van der Waals surface area contributed by atoms with E-state index in [1.165, 1.54) is 43.9 Å². The van der Waals surface area contributed by atoms with Crippen molar-refractivity contribution in [2.75, 3.05) is 12.4 Å². The van der Waals surface area contributed by atoms with Crippen molar-refractivity contribution in [3.63, 3.8) is 0 Å². The van der Waals surface area contributed by atoms with E-state index in [2.05, 4.69) is 29.8 Å². The van der Waals surface area contributed by atoms with E-state index in [-0.39, 0.29) is 5.60 Å². The lowest BCUT2D eigenvalue weighted by atomic mass is 9.70. The topological polar surface area (TPSA) is 9.23 Å². The van der Waals surface area contributed by atoms with Crippen LogP contribution in [0.3, 0.4) is 0 Å². The maximum Gasteiger partial charge on any atom is 0.0623 e. The Morgan fingerprint density at radius 1 is 1.38 bits per heavy atom. The van der Waals surface area contributed by atoms with Crippen LogP contribution < -0.4 is 0 Å². The van der Waals surface area contributed by atoms with Crippen LogP contribution in [0, 0.1) is 17.3 Å². The molecule has 2 rings (SSSR count). The van der Waals surface area contributed by atoms with Gasteiger partial charge >= 0.3 is 0 Å². The molecule has 0 spiro atoms. The van der Waals surface area contributed by atoms with Crippen molar-refractivity contribution in [2.45, 2.75) is 58.0 Å². The van der Waals surface area contributed by atoms with E-state index in [4.69, 9.17) is 4.74 Å². The monoisotopic (exact) mass is 288 g/mol. The van der Waals surface area contributed by atoms with Crippen molar-refractivity contribution in [3.8, 4) is 0 Å². The van der Waals surface area contributed by atoms with Crippen LogP contribution in [0.4, 0.5) is 0 Å². The van der Waals surface area contributed by atoms with Crippen molar-refractivity contribution in [1.29, 1.82) is 0 Å². The SMILES string of the molecule is COC(C)(C)CCC1(CBr)CC2CCC1C2. The maximum absolute atomic E-state index is 5.55. The van der Waals surface area contributed by atoms with Crippen LogP contribution >= 0.6 is 15.9 Å². The molecule has 16 heavy (non-hydrogen) atoms. The van der Waals surface area contributed by atoms with E-state index in [1.807, 2.05) is 7.11 Å². The second-order valence-corrected chi connectivity index (χ2v) is 7.10. The first-order valence-electron chi connectivity index (χ1n) is 6.62. The molecule has 2 aliphatic carbocycles. The van der Waals surface area contributed by atoms with Crippen LogP contribution in [0.15, 0.2) is 0 Å². The van der Waals surface area contributed by atoms with Crippen LogP contribution in [0.5, 0.6) is 0 Å². The highest BCUT2D eigenvalue weighted by molar-refractivity contribution is 9.09. The van der Waals surface area contributed by atoms with Crippen molar-refractivity contribution in [2.24, 2.45) is 17.3 Å². The number of halogens is 1. The third-order valence-electron chi connectivity index (χ3n) is 5.15. The summed E-state index contributed by atoms with van der Waals surface area (Å²) in [4.78, 5) is 0. The first-order valence-corrected chi connectivity index (χ1v) is 7.75. The van der Waals surface area contributed by atoms with E-state index in [0.29, 0.717) is 5.41 Å². The number of hydrogen-bond donors (Lipinski definition) is 0. The lowest BCUT2D eigenvalue weighted by molar-refractivity contribution is -0.0000221. The highest BCUT2D eigenvalue weighted by atomic mass is 79.9. The normalized spacial score (nSPS) is 38.2. The van der Waals surface area contributed by atoms with E-state index in [1.54, 1.807) is 0 Å². The van der Waals surface area contributed by atoms with Gasteiger partial charge in [-0.05, 0) is 63.2 Å². The van der Waals surface area contributed by atoms with Crippen LogP contribution in [-0.4, -0.2) is 18.0 Å². The van der Waals surface area contributed by atoms with E-state index >= 15 is 0 Å². The van der Waals surface area contributed by atoms with Crippen LogP contribution in [-0.2, 0) is 4.74 Å². The van der Waals surface area contributed by atoms with Gasteiger partial charge in [0.2, 0.25) is 0 Å². The van der Waals surface area contributed by atoms with Gasteiger partial charge in [-0.25, -0.2) is 0 Å². The fraction of sp³-hybridized carbons (Fsp3) is 1.00. The van der Waals surface area contributed by atoms with Gasteiger partial charge in [0.1, 0.15) is 0 Å². The van der Waals surface area contributed by atoms with E-state index < -0.39 is 0 Å². The van der Waals surface area contributed by atoms with Gasteiger partial charge in [0.15, 0.2) is 0 Å². The predicted octanol–water partition coefficient (Wildman–Crippen LogP) is 4.39. The average Bonchev–Trinajstić information content (AvgIpc) is 2.87. The van der Waals surface area contributed by atoms with Gasteiger partial charge in [-0.15, -0.1) is 0 Å². The van der Waals surface area contributed by atoms with Gasteiger partial charge in [-0.3, -0.25) is 0 Å². The zero-order valence-corrected chi connectivity index (χ0v) is 12.5. The number of rotatable bonds is 5. The minimum Gasteiger partial charge on any atom is -0.379 e. The molecule has 2 saturated carbocycles. The Morgan fingerprint density at radius 3 is 2.56 bits per heavy atom. The highest BCUT2D eigenvalue weighted by Gasteiger charge is 2.50. The molecule has 94 valence electrons. The third-order valence-corrected chi connectivity index (χ3v) is 6.26. The van der Waals surface area contributed by atoms with Crippen LogP contribution in [0.1, 0.15) is 52.4 Å². The van der Waals surface area contributed by atoms with E-state index in [0.717, 1.165) is 11.8 Å². The quantitative estimate of drug-likeness (QED) is 0.682. The molecule has 0 aliphatic heterocycles. The van der Waals surface area contributed by atoms with Gasteiger partial charge in [0.25, 0.3) is 0 Å². The fourth-order valence-corrected chi connectivity index (χ4v) is 4.71. The molecular weight excluding hydrogens is 264 g/mol. The predicted molar refractivity (Wildman–Crippen MR) is 72.0 cm³/mol. The Morgan fingerprint density at radius 2 is 2.12 bits per heavy atom.